The highest BCUT2D eigenvalue weighted by molar-refractivity contribution is 5.91. The van der Waals surface area contributed by atoms with E-state index in [0.717, 1.165) is 0 Å². The van der Waals surface area contributed by atoms with Gasteiger partial charge in [-0.15, -0.1) is 0 Å². The minimum Gasteiger partial charge on any atom is -0.388 e. The summed E-state index contributed by atoms with van der Waals surface area (Å²) < 4.78 is 6.98. The fourth-order valence-corrected chi connectivity index (χ4v) is 2.61. The topological polar surface area (TPSA) is 179 Å². The normalized spacial score (nSPS) is 26.8. The Balaban J connectivity index is 2.06. The molecule has 0 spiro atoms. The van der Waals surface area contributed by atoms with Crippen LogP contribution in [0.5, 0.6) is 0 Å². The van der Waals surface area contributed by atoms with E-state index in [1.807, 2.05) is 6.07 Å². The van der Waals surface area contributed by atoms with Crippen molar-refractivity contribution in [2.45, 2.75) is 24.5 Å². The number of aliphatic hydroxyl groups is 2. The number of azide groups is 1. The molecule has 4 atom stereocenters. The number of anilines is 1. The van der Waals surface area contributed by atoms with Gasteiger partial charge in [-0.25, -0.2) is 9.97 Å². The molecule has 0 aliphatic carbocycles. The van der Waals surface area contributed by atoms with Gasteiger partial charge < -0.3 is 25.3 Å². The van der Waals surface area contributed by atoms with Crippen LogP contribution in [0, 0.1) is 11.3 Å². The first-order chi connectivity index (χ1) is 11.1. The number of hydrogen-bond donors (Lipinski definition) is 3. The van der Waals surface area contributed by atoms with Gasteiger partial charge in [0.25, 0.3) is 0 Å². The summed E-state index contributed by atoms with van der Waals surface area (Å²) in [5, 5.41) is 33.1. The van der Waals surface area contributed by atoms with Crippen LogP contribution in [0.25, 0.3) is 21.5 Å². The van der Waals surface area contributed by atoms with Crippen molar-refractivity contribution < 1.29 is 14.9 Å². The number of ether oxygens (including phenoxy) is 1. The van der Waals surface area contributed by atoms with Crippen LogP contribution < -0.4 is 5.73 Å². The number of nitrogens with two attached hydrogens (primary N) is 1. The molecule has 1 aliphatic heterocycles. The minimum absolute atomic E-state index is 0.129. The van der Waals surface area contributed by atoms with Crippen molar-refractivity contribution in [2.75, 3.05) is 12.3 Å². The minimum atomic E-state index is -1.28. The first-order valence-corrected chi connectivity index (χ1v) is 6.62. The Kier molecular flexibility index (Phi) is 3.73. The van der Waals surface area contributed by atoms with Gasteiger partial charge in [-0.2, -0.15) is 5.26 Å². The van der Waals surface area contributed by atoms with E-state index in [1.54, 1.807) is 0 Å². The lowest BCUT2D eigenvalue weighted by Crippen LogP contribution is -2.32. The Morgan fingerprint density at radius 3 is 2.96 bits per heavy atom. The number of nitriles is 1. The van der Waals surface area contributed by atoms with Gasteiger partial charge in [-0.05, 0) is 5.53 Å². The number of aromatic nitrogens is 3. The highest BCUT2D eigenvalue weighted by atomic mass is 16.6. The van der Waals surface area contributed by atoms with E-state index in [1.165, 1.54) is 17.1 Å². The quantitative estimate of drug-likeness (QED) is 0.398. The Hall–Kier alpha value is -2.90. The summed E-state index contributed by atoms with van der Waals surface area (Å²) in [6.45, 7) is -0.132. The maximum absolute atomic E-state index is 10.2. The van der Waals surface area contributed by atoms with Crippen LogP contribution in [0.2, 0.25) is 0 Å². The number of fused-ring (bicyclic) bond motifs is 1. The zero-order chi connectivity index (χ0) is 16.6. The third-order valence-electron chi connectivity index (χ3n) is 3.70. The van der Waals surface area contributed by atoms with Gasteiger partial charge in [-0.3, -0.25) is 0 Å². The lowest BCUT2D eigenvalue weighted by Gasteiger charge is -2.17. The molecule has 0 bridgehead atoms. The summed E-state index contributed by atoms with van der Waals surface area (Å²) in [4.78, 5) is 10.5. The Labute approximate surface area is 129 Å². The third-order valence-corrected chi connectivity index (χ3v) is 3.70. The average molecular weight is 316 g/mol. The Bertz CT molecular complexity index is 837. The van der Waals surface area contributed by atoms with Gasteiger partial charge in [0.1, 0.15) is 36.1 Å². The highest BCUT2D eigenvalue weighted by Crippen LogP contribution is 2.34. The second kappa shape index (κ2) is 5.71. The van der Waals surface area contributed by atoms with Crippen LogP contribution in [0.1, 0.15) is 11.8 Å². The Morgan fingerprint density at radius 1 is 1.48 bits per heavy atom. The maximum atomic E-state index is 10.2. The van der Waals surface area contributed by atoms with E-state index in [0.29, 0.717) is 11.0 Å². The van der Waals surface area contributed by atoms with Crippen LogP contribution in [0.3, 0.4) is 0 Å². The van der Waals surface area contributed by atoms with E-state index in [-0.39, 0.29) is 17.9 Å². The van der Waals surface area contributed by atoms with Gasteiger partial charge >= 0.3 is 0 Å². The predicted octanol–water partition coefficient (Wildman–Crippen LogP) is -0.185. The van der Waals surface area contributed by atoms with Gasteiger partial charge in [0.2, 0.25) is 0 Å². The number of nitrogens with zero attached hydrogens (tertiary/aromatic N) is 7. The summed E-state index contributed by atoms with van der Waals surface area (Å²) in [5.41, 5.74) is 14.7. The van der Waals surface area contributed by atoms with Gasteiger partial charge in [0.15, 0.2) is 6.23 Å². The molecular weight excluding hydrogens is 304 g/mol. The lowest BCUT2D eigenvalue weighted by atomic mass is 10.1. The maximum Gasteiger partial charge on any atom is 0.164 e. The van der Waals surface area contributed by atoms with Crippen molar-refractivity contribution in [3.8, 4) is 6.07 Å². The fraction of sp³-hybridized carbons (Fsp3) is 0.417. The standard InChI is InChI=1S/C12H12N8O3/c13-1-5-3-20(11-7(5)10(14)16-4-17-11)12-9(22)8(21)6(23-12)2-18-19-15/h3-4,6,8-9,12,21-22H,2H2,(H2,14,16,17)/t6-,8-,9-,12-/m1/s1. The summed E-state index contributed by atoms with van der Waals surface area (Å²) in [6.07, 6.45) is -1.74. The molecule has 118 valence electrons. The molecule has 11 heteroatoms. The lowest BCUT2D eigenvalue weighted by molar-refractivity contribution is -0.0318. The van der Waals surface area contributed by atoms with Crippen LogP contribution in [0.4, 0.5) is 5.82 Å². The van der Waals surface area contributed by atoms with Crippen LogP contribution >= 0.6 is 0 Å². The molecule has 1 aliphatic rings. The van der Waals surface area contributed by atoms with Gasteiger partial charge in [0, 0.05) is 11.1 Å². The van der Waals surface area contributed by atoms with E-state index >= 15 is 0 Å². The second-order valence-electron chi connectivity index (χ2n) is 4.98. The SMILES string of the molecule is N#Cc1cn([C@@H]2O[C@H](CN=[N+]=[N-])[C@@H](O)[C@H]2O)c2ncnc(N)c12. The van der Waals surface area contributed by atoms with Crippen molar-refractivity contribution in [3.05, 3.63) is 28.5 Å². The van der Waals surface area contributed by atoms with E-state index < -0.39 is 24.5 Å². The van der Waals surface area contributed by atoms with Crippen molar-refractivity contribution >= 4 is 16.9 Å². The molecule has 2 aromatic rings. The molecule has 0 amide bonds. The Morgan fingerprint density at radius 2 is 2.26 bits per heavy atom. The molecule has 0 unspecified atom stereocenters. The van der Waals surface area contributed by atoms with Crippen LogP contribution in [-0.2, 0) is 4.74 Å². The predicted molar refractivity (Wildman–Crippen MR) is 76.6 cm³/mol. The van der Waals surface area contributed by atoms with Crippen LogP contribution in [-0.4, -0.2) is 49.6 Å². The molecule has 3 heterocycles. The summed E-state index contributed by atoms with van der Waals surface area (Å²) in [6, 6.07) is 1.98. The third kappa shape index (κ3) is 2.32. The molecule has 0 radical (unpaired) electrons. The molecule has 2 aromatic heterocycles. The zero-order valence-corrected chi connectivity index (χ0v) is 11.7. The number of hydrogen-bond acceptors (Lipinski definition) is 8. The molecular formula is C12H12N8O3. The first-order valence-electron chi connectivity index (χ1n) is 6.62. The number of aliphatic hydroxyl groups excluding tert-OH is 2. The molecule has 11 nitrogen and oxygen atoms in total. The molecule has 1 fully saturated rings. The van der Waals surface area contributed by atoms with Gasteiger partial charge in [-0.1, -0.05) is 5.11 Å². The van der Waals surface area contributed by atoms with E-state index in [9.17, 15) is 15.5 Å². The monoisotopic (exact) mass is 316 g/mol. The smallest absolute Gasteiger partial charge is 0.164 e. The number of nitrogen functional groups attached to an aromatic ring is 1. The summed E-state index contributed by atoms with van der Waals surface area (Å²) in [5.74, 6) is 0.129. The molecule has 3 rings (SSSR count). The molecule has 1 saturated heterocycles. The van der Waals surface area contributed by atoms with E-state index in [2.05, 4.69) is 20.0 Å². The largest absolute Gasteiger partial charge is 0.388 e. The fourth-order valence-electron chi connectivity index (χ4n) is 2.61. The van der Waals surface area contributed by atoms with Crippen molar-refractivity contribution in [2.24, 2.45) is 5.11 Å². The van der Waals surface area contributed by atoms with Crippen LogP contribution in [0.15, 0.2) is 17.6 Å². The second-order valence-corrected chi connectivity index (χ2v) is 4.98. The van der Waals surface area contributed by atoms with Crippen molar-refractivity contribution in [3.63, 3.8) is 0 Å². The average Bonchev–Trinajstić information content (AvgIpc) is 3.06. The van der Waals surface area contributed by atoms with Crippen molar-refractivity contribution in [1.29, 1.82) is 5.26 Å². The first kappa shape index (κ1) is 15.0. The molecule has 23 heavy (non-hydrogen) atoms. The molecule has 0 aromatic carbocycles. The summed E-state index contributed by atoms with van der Waals surface area (Å²) >= 11 is 0. The summed E-state index contributed by atoms with van der Waals surface area (Å²) in [7, 11) is 0. The van der Waals surface area contributed by atoms with Gasteiger partial charge in [0.05, 0.1) is 23.6 Å². The van der Waals surface area contributed by atoms with E-state index in [4.69, 9.17) is 16.0 Å². The zero-order valence-electron chi connectivity index (χ0n) is 11.7. The molecule has 0 saturated carbocycles. The van der Waals surface area contributed by atoms with Crippen molar-refractivity contribution in [1.82, 2.24) is 14.5 Å². The highest BCUT2D eigenvalue weighted by Gasteiger charge is 2.44. The molecule has 4 N–H and O–H groups in total. The number of rotatable bonds is 3.